The first-order valence-corrected chi connectivity index (χ1v) is 7.27. The molecule has 0 fully saturated rings. The minimum absolute atomic E-state index is 0.203. The van der Waals surface area contributed by atoms with Gasteiger partial charge in [0, 0.05) is 18.7 Å². The molecule has 5 heteroatoms. The van der Waals surface area contributed by atoms with Crippen LogP contribution in [0.5, 0.6) is 0 Å². The lowest BCUT2D eigenvalue weighted by atomic mass is 9.88. The Kier molecular flexibility index (Phi) is 6.67. The Morgan fingerprint density at radius 2 is 2.14 bits per heavy atom. The van der Waals surface area contributed by atoms with Crippen LogP contribution in [0, 0.1) is 30.1 Å². The van der Waals surface area contributed by atoms with Crippen molar-refractivity contribution in [3.05, 3.63) is 23.4 Å². The van der Waals surface area contributed by atoms with Gasteiger partial charge in [-0.15, -0.1) is 0 Å². The molecular formula is C16H23N3O2. The first-order valence-electron chi connectivity index (χ1n) is 7.27. The van der Waals surface area contributed by atoms with Crippen LogP contribution in [0.2, 0.25) is 0 Å². The zero-order valence-electron chi connectivity index (χ0n) is 12.9. The third-order valence-corrected chi connectivity index (χ3v) is 3.63. The number of nitriles is 1. The van der Waals surface area contributed by atoms with E-state index >= 15 is 0 Å². The molecule has 0 saturated carbocycles. The Hall–Kier alpha value is -2.09. The first kappa shape index (κ1) is 17.0. The van der Waals surface area contributed by atoms with Crippen molar-refractivity contribution in [2.45, 2.75) is 40.0 Å². The summed E-state index contributed by atoms with van der Waals surface area (Å²) in [5.41, 5.74) is 1.40. The summed E-state index contributed by atoms with van der Waals surface area (Å²) < 4.78 is 0. The number of pyridine rings is 1. The second-order valence-electron chi connectivity index (χ2n) is 5.61. The normalized spacial score (nSPS) is 12.0. The number of nitrogens with one attached hydrogen (secondary N) is 1. The molecule has 0 bridgehead atoms. The molecule has 1 aromatic heterocycles. The molecule has 1 aromatic rings. The highest BCUT2D eigenvalue weighted by molar-refractivity contribution is 5.66. The van der Waals surface area contributed by atoms with E-state index in [2.05, 4.69) is 30.2 Å². The zero-order valence-corrected chi connectivity index (χ0v) is 12.9. The molecule has 0 aliphatic carbocycles. The lowest BCUT2D eigenvalue weighted by Gasteiger charge is -2.20. The van der Waals surface area contributed by atoms with Crippen LogP contribution in [0.3, 0.4) is 0 Å². The highest BCUT2D eigenvalue weighted by Crippen LogP contribution is 2.21. The van der Waals surface area contributed by atoms with Crippen molar-refractivity contribution in [2.24, 2.45) is 11.8 Å². The van der Waals surface area contributed by atoms with E-state index in [4.69, 9.17) is 10.4 Å². The maximum Gasteiger partial charge on any atom is 0.303 e. The minimum Gasteiger partial charge on any atom is -0.481 e. The van der Waals surface area contributed by atoms with Crippen molar-refractivity contribution in [3.8, 4) is 6.07 Å². The first-order chi connectivity index (χ1) is 9.93. The summed E-state index contributed by atoms with van der Waals surface area (Å²) in [6, 6.07) is 5.69. The molecule has 0 aliphatic rings. The molecule has 114 valence electrons. The Morgan fingerprint density at radius 3 is 2.71 bits per heavy atom. The third kappa shape index (κ3) is 5.82. The molecule has 0 radical (unpaired) electrons. The number of carbonyl (C=O) groups is 1. The predicted molar refractivity (Wildman–Crippen MR) is 82.0 cm³/mol. The van der Waals surface area contributed by atoms with Gasteiger partial charge in [-0.05, 0) is 43.7 Å². The van der Waals surface area contributed by atoms with Gasteiger partial charge in [-0.3, -0.25) is 4.79 Å². The largest absolute Gasteiger partial charge is 0.481 e. The van der Waals surface area contributed by atoms with Crippen molar-refractivity contribution in [1.82, 2.24) is 4.98 Å². The monoisotopic (exact) mass is 289 g/mol. The van der Waals surface area contributed by atoms with Gasteiger partial charge in [0.25, 0.3) is 0 Å². The van der Waals surface area contributed by atoms with Crippen LogP contribution in [-0.4, -0.2) is 22.6 Å². The van der Waals surface area contributed by atoms with Crippen molar-refractivity contribution in [2.75, 3.05) is 11.9 Å². The summed E-state index contributed by atoms with van der Waals surface area (Å²) in [5.74, 6) is 0.648. The number of hydrogen-bond donors (Lipinski definition) is 2. The van der Waals surface area contributed by atoms with E-state index in [-0.39, 0.29) is 6.42 Å². The fourth-order valence-electron chi connectivity index (χ4n) is 2.28. The molecule has 1 heterocycles. The second-order valence-corrected chi connectivity index (χ2v) is 5.61. The molecule has 21 heavy (non-hydrogen) atoms. The van der Waals surface area contributed by atoms with E-state index in [1.54, 1.807) is 6.07 Å². The molecule has 0 aliphatic heterocycles. The average molecular weight is 289 g/mol. The SMILES string of the molecule is Cc1ccc(C#N)c(NCCC(CCC(=O)O)C(C)C)n1. The van der Waals surface area contributed by atoms with Crippen LogP contribution >= 0.6 is 0 Å². The topological polar surface area (TPSA) is 86.0 Å². The molecule has 1 unspecified atom stereocenters. The van der Waals surface area contributed by atoms with E-state index in [9.17, 15) is 4.79 Å². The Morgan fingerprint density at radius 1 is 1.43 bits per heavy atom. The molecule has 0 amide bonds. The van der Waals surface area contributed by atoms with Gasteiger partial charge in [0.05, 0.1) is 5.56 Å². The van der Waals surface area contributed by atoms with E-state index in [1.165, 1.54) is 0 Å². The fourth-order valence-corrected chi connectivity index (χ4v) is 2.28. The molecule has 5 nitrogen and oxygen atoms in total. The van der Waals surface area contributed by atoms with Crippen LogP contribution in [0.4, 0.5) is 5.82 Å². The van der Waals surface area contributed by atoms with E-state index in [0.717, 1.165) is 12.1 Å². The maximum absolute atomic E-state index is 10.7. The maximum atomic E-state index is 10.7. The minimum atomic E-state index is -0.749. The van der Waals surface area contributed by atoms with Crippen molar-refractivity contribution >= 4 is 11.8 Å². The Balaban J connectivity index is 2.56. The molecule has 0 aromatic carbocycles. The molecule has 1 atom stereocenters. The average Bonchev–Trinajstić information content (AvgIpc) is 2.42. The number of carboxylic acids is 1. The van der Waals surface area contributed by atoms with Gasteiger partial charge in [0.2, 0.25) is 0 Å². The van der Waals surface area contributed by atoms with Crippen molar-refractivity contribution in [3.63, 3.8) is 0 Å². The van der Waals surface area contributed by atoms with Crippen LogP contribution in [0.25, 0.3) is 0 Å². The number of aliphatic carboxylic acids is 1. The molecule has 0 spiro atoms. The second kappa shape index (κ2) is 8.25. The van der Waals surface area contributed by atoms with Crippen molar-refractivity contribution in [1.29, 1.82) is 5.26 Å². The number of aryl methyl sites for hydroxylation is 1. The van der Waals surface area contributed by atoms with Gasteiger partial charge in [0.1, 0.15) is 11.9 Å². The molecule has 0 saturated heterocycles. The summed E-state index contributed by atoms with van der Waals surface area (Å²) in [6.45, 7) is 6.79. The number of aromatic nitrogens is 1. The quantitative estimate of drug-likeness (QED) is 0.767. The van der Waals surface area contributed by atoms with Gasteiger partial charge >= 0.3 is 5.97 Å². The van der Waals surface area contributed by atoms with Crippen LogP contribution in [-0.2, 0) is 4.79 Å². The number of carboxylic acid groups (broad SMARTS) is 1. The van der Waals surface area contributed by atoms with Crippen LogP contribution < -0.4 is 5.32 Å². The van der Waals surface area contributed by atoms with Gasteiger partial charge in [-0.25, -0.2) is 4.98 Å². The van der Waals surface area contributed by atoms with E-state index in [1.807, 2.05) is 13.0 Å². The number of anilines is 1. The smallest absolute Gasteiger partial charge is 0.303 e. The summed E-state index contributed by atoms with van der Waals surface area (Å²) in [4.78, 5) is 15.0. The van der Waals surface area contributed by atoms with Gasteiger partial charge in [0.15, 0.2) is 0 Å². The highest BCUT2D eigenvalue weighted by atomic mass is 16.4. The lowest BCUT2D eigenvalue weighted by molar-refractivity contribution is -0.137. The van der Waals surface area contributed by atoms with E-state index in [0.29, 0.717) is 36.2 Å². The summed E-state index contributed by atoms with van der Waals surface area (Å²) >= 11 is 0. The van der Waals surface area contributed by atoms with Gasteiger partial charge < -0.3 is 10.4 Å². The number of nitrogens with zero attached hydrogens (tertiary/aromatic N) is 2. The molecule has 2 N–H and O–H groups in total. The third-order valence-electron chi connectivity index (χ3n) is 3.63. The fraction of sp³-hybridized carbons (Fsp3) is 0.562. The summed E-state index contributed by atoms with van der Waals surface area (Å²) in [5, 5.41) is 21.0. The number of rotatable bonds is 8. The Bertz CT molecular complexity index is 521. The molecule has 1 rings (SSSR count). The summed E-state index contributed by atoms with van der Waals surface area (Å²) in [6.07, 6.45) is 1.75. The molecular weight excluding hydrogens is 266 g/mol. The highest BCUT2D eigenvalue weighted by Gasteiger charge is 2.15. The summed E-state index contributed by atoms with van der Waals surface area (Å²) in [7, 11) is 0. The zero-order chi connectivity index (χ0) is 15.8. The van der Waals surface area contributed by atoms with Gasteiger partial charge in [-0.2, -0.15) is 5.26 Å². The lowest BCUT2D eigenvalue weighted by Crippen LogP contribution is -2.16. The van der Waals surface area contributed by atoms with E-state index < -0.39 is 5.97 Å². The van der Waals surface area contributed by atoms with Crippen molar-refractivity contribution < 1.29 is 9.90 Å². The van der Waals surface area contributed by atoms with Gasteiger partial charge in [-0.1, -0.05) is 13.8 Å². The number of hydrogen-bond acceptors (Lipinski definition) is 4. The predicted octanol–water partition coefficient (Wildman–Crippen LogP) is 3.20. The van der Waals surface area contributed by atoms with Crippen LogP contribution in [0.1, 0.15) is 44.4 Å². The Labute approximate surface area is 126 Å². The standard InChI is InChI=1S/C16H23N3O2/c1-11(2)13(6-7-15(20)21)8-9-18-16-14(10-17)5-4-12(3)19-16/h4-5,11,13H,6-9H2,1-3H3,(H,18,19)(H,20,21). The van der Waals surface area contributed by atoms with Crippen LogP contribution in [0.15, 0.2) is 12.1 Å².